The van der Waals surface area contributed by atoms with Crippen LogP contribution in [0.25, 0.3) is 0 Å². The molecule has 1 saturated heterocycles. The first-order valence-electron chi connectivity index (χ1n) is 6.58. The lowest BCUT2D eigenvalue weighted by Crippen LogP contribution is -2.41. The Morgan fingerprint density at radius 2 is 1.53 bits per heavy atom. The van der Waals surface area contributed by atoms with Gasteiger partial charge in [-0.1, -0.05) is 18.6 Å². The van der Waals surface area contributed by atoms with Crippen LogP contribution in [0.2, 0.25) is 0 Å². The van der Waals surface area contributed by atoms with E-state index < -0.39 is 0 Å². The summed E-state index contributed by atoms with van der Waals surface area (Å²) in [5.41, 5.74) is 1.46. The van der Waals surface area contributed by atoms with E-state index in [4.69, 9.17) is 0 Å². The second-order valence-corrected chi connectivity index (χ2v) is 7.25. The molecule has 0 spiro atoms. The molecule has 3 aliphatic carbocycles. The molecule has 1 heterocycles. The maximum Gasteiger partial charge on any atom is 0.0853 e. The minimum absolute atomic E-state index is 0.732. The predicted octanol–water partition coefficient (Wildman–Crippen LogP) is 2.44. The standard InChI is InChI=1S/C14H22N/c1-15(2)9-13-6-3-7-14(13,10-15)12-5-4-11(13)8-12/h4-5,11-12H,3,6-10H2,1-2H3/q+1/t11-,12+,13-,14+. The Balaban J connectivity index is 1.91. The molecule has 4 atom stereocenters. The normalized spacial score (nSPS) is 58.5. The van der Waals surface area contributed by atoms with Crippen LogP contribution in [0.3, 0.4) is 0 Å². The molecule has 15 heavy (non-hydrogen) atoms. The molecule has 0 aromatic rings. The van der Waals surface area contributed by atoms with Gasteiger partial charge in [0, 0.05) is 10.8 Å². The molecular formula is C14H22N+. The van der Waals surface area contributed by atoms with Crippen LogP contribution in [0, 0.1) is 22.7 Å². The fourth-order valence-electron chi connectivity index (χ4n) is 6.14. The van der Waals surface area contributed by atoms with E-state index in [-0.39, 0.29) is 0 Å². The zero-order valence-electron chi connectivity index (χ0n) is 10.00. The molecule has 4 aliphatic rings. The van der Waals surface area contributed by atoms with Crippen molar-refractivity contribution in [3.8, 4) is 0 Å². The summed E-state index contributed by atoms with van der Waals surface area (Å²) in [4.78, 5) is 0. The lowest BCUT2D eigenvalue weighted by molar-refractivity contribution is -0.884. The summed E-state index contributed by atoms with van der Waals surface area (Å²) >= 11 is 0. The molecule has 1 nitrogen and oxygen atoms in total. The Labute approximate surface area is 92.7 Å². The Hall–Kier alpha value is -0.300. The van der Waals surface area contributed by atoms with Crippen LogP contribution in [0.1, 0.15) is 25.7 Å². The lowest BCUT2D eigenvalue weighted by Gasteiger charge is -2.37. The van der Waals surface area contributed by atoms with Crippen molar-refractivity contribution in [2.24, 2.45) is 22.7 Å². The molecule has 1 aliphatic heterocycles. The van der Waals surface area contributed by atoms with Crippen molar-refractivity contribution in [2.75, 3.05) is 27.2 Å². The van der Waals surface area contributed by atoms with E-state index in [0.29, 0.717) is 0 Å². The van der Waals surface area contributed by atoms with Gasteiger partial charge >= 0.3 is 0 Å². The maximum absolute atomic E-state index is 2.57. The summed E-state index contributed by atoms with van der Waals surface area (Å²) in [6.07, 6.45) is 11.2. The minimum atomic E-state index is 0.732. The van der Waals surface area contributed by atoms with Gasteiger partial charge in [-0.25, -0.2) is 0 Å². The highest BCUT2D eigenvalue weighted by Crippen LogP contribution is 2.74. The molecule has 82 valence electrons. The van der Waals surface area contributed by atoms with Gasteiger partial charge in [0.25, 0.3) is 0 Å². The summed E-state index contributed by atoms with van der Waals surface area (Å²) in [5, 5.41) is 0. The van der Waals surface area contributed by atoms with Crippen LogP contribution >= 0.6 is 0 Å². The van der Waals surface area contributed by atoms with Gasteiger partial charge in [-0.15, -0.1) is 0 Å². The first-order valence-corrected chi connectivity index (χ1v) is 6.58. The molecule has 4 rings (SSSR count). The molecule has 2 saturated carbocycles. The molecule has 0 unspecified atom stereocenters. The summed E-state index contributed by atoms with van der Waals surface area (Å²) in [7, 11) is 4.90. The zero-order chi connectivity index (χ0) is 10.3. The van der Waals surface area contributed by atoms with Gasteiger partial charge in [-0.3, -0.25) is 0 Å². The number of likely N-dealkylation sites (tertiary alicyclic amines) is 1. The Bertz CT molecular complexity index is 326. The van der Waals surface area contributed by atoms with E-state index in [1.165, 1.54) is 43.3 Å². The van der Waals surface area contributed by atoms with Gasteiger partial charge in [-0.2, -0.15) is 0 Å². The van der Waals surface area contributed by atoms with Crippen LogP contribution in [0.4, 0.5) is 0 Å². The Morgan fingerprint density at radius 3 is 2.07 bits per heavy atom. The van der Waals surface area contributed by atoms with E-state index in [1.54, 1.807) is 0 Å². The molecular weight excluding hydrogens is 182 g/mol. The minimum Gasteiger partial charge on any atom is -0.327 e. The number of fused-ring (bicyclic) bond motifs is 2. The van der Waals surface area contributed by atoms with Crippen LogP contribution in [0.15, 0.2) is 12.2 Å². The largest absolute Gasteiger partial charge is 0.327 e. The summed E-state index contributed by atoms with van der Waals surface area (Å²) in [6.45, 7) is 2.91. The highest BCUT2D eigenvalue weighted by Gasteiger charge is 2.74. The number of nitrogens with zero attached hydrogens (tertiary/aromatic N) is 1. The fourth-order valence-corrected chi connectivity index (χ4v) is 6.14. The number of allylic oxidation sites excluding steroid dienone is 2. The average Bonchev–Trinajstić information content (AvgIpc) is 2.73. The topological polar surface area (TPSA) is 0 Å². The van der Waals surface area contributed by atoms with Crippen molar-refractivity contribution in [1.29, 1.82) is 0 Å². The number of hydrogen-bond acceptors (Lipinski definition) is 0. The van der Waals surface area contributed by atoms with Crippen molar-refractivity contribution in [3.05, 3.63) is 12.2 Å². The van der Waals surface area contributed by atoms with Crippen molar-refractivity contribution in [1.82, 2.24) is 0 Å². The van der Waals surface area contributed by atoms with E-state index >= 15 is 0 Å². The van der Waals surface area contributed by atoms with Crippen molar-refractivity contribution < 1.29 is 4.48 Å². The molecule has 0 aromatic heterocycles. The van der Waals surface area contributed by atoms with Crippen molar-refractivity contribution >= 4 is 0 Å². The van der Waals surface area contributed by atoms with Crippen molar-refractivity contribution in [3.63, 3.8) is 0 Å². The fraction of sp³-hybridized carbons (Fsp3) is 0.857. The van der Waals surface area contributed by atoms with Crippen LogP contribution in [-0.2, 0) is 0 Å². The average molecular weight is 204 g/mol. The molecule has 0 amide bonds. The second kappa shape index (κ2) is 2.20. The summed E-state index contributed by atoms with van der Waals surface area (Å²) < 4.78 is 1.29. The van der Waals surface area contributed by atoms with Gasteiger partial charge in [0.15, 0.2) is 0 Å². The smallest absolute Gasteiger partial charge is 0.0853 e. The second-order valence-electron chi connectivity index (χ2n) is 7.25. The Morgan fingerprint density at radius 1 is 1.00 bits per heavy atom. The van der Waals surface area contributed by atoms with E-state index in [9.17, 15) is 0 Å². The molecule has 0 radical (unpaired) electrons. The first-order chi connectivity index (χ1) is 7.08. The molecule has 0 N–H and O–H groups in total. The highest BCUT2D eigenvalue weighted by molar-refractivity contribution is 5.28. The molecule has 2 bridgehead atoms. The summed E-state index contributed by atoms with van der Waals surface area (Å²) in [5.74, 6) is 1.90. The number of quaternary nitrogens is 1. The van der Waals surface area contributed by atoms with Gasteiger partial charge in [0.05, 0.1) is 27.2 Å². The Kier molecular flexibility index (Phi) is 1.29. The SMILES string of the molecule is C[N+]1(C)C[C@@]23CCC[C@]2(C1)[C@H]1C=C[C@@H]3C1. The third kappa shape index (κ3) is 0.759. The van der Waals surface area contributed by atoms with Gasteiger partial charge in [0.2, 0.25) is 0 Å². The molecule has 3 fully saturated rings. The van der Waals surface area contributed by atoms with Crippen molar-refractivity contribution in [2.45, 2.75) is 25.7 Å². The van der Waals surface area contributed by atoms with Crippen LogP contribution < -0.4 is 0 Å². The van der Waals surface area contributed by atoms with Crippen LogP contribution in [-0.4, -0.2) is 31.7 Å². The van der Waals surface area contributed by atoms with Gasteiger partial charge in [-0.05, 0) is 31.1 Å². The van der Waals surface area contributed by atoms with Gasteiger partial charge in [0.1, 0.15) is 0 Å². The number of hydrogen-bond donors (Lipinski definition) is 0. The lowest BCUT2D eigenvalue weighted by atomic mass is 9.62. The van der Waals surface area contributed by atoms with E-state index in [2.05, 4.69) is 26.2 Å². The van der Waals surface area contributed by atoms with E-state index in [0.717, 1.165) is 22.7 Å². The maximum atomic E-state index is 2.57. The van der Waals surface area contributed by atoms with Crippen LogP contribution in [0.5, 0.6) is 0 Å². The summed E-state index contributed by atoms with van der Waals surface area (Å²) in [6, 6.07) is 0. The third-order valence-corrected chi connectivity index (χ3v) is 6.16. The zero-order valence-corrected chi connectivity index (χ0v) is 10.00. The molecule has 0 aromatic carbocycles. The van der Waals surface area contributed by atoms with E-state index in [1.807, 2.05) is 0 Å². The van der Waals surface area contributed by atoms with Gasteiger partial charge < -0.3 is 4.48 Å². The number of rotatable bonds is 0. The molecule has 1 heteroatoms. The monoisotopic (exact) mass is 204 g/mol. The predicted molar refractivity (Wildman–Crippen MR) is 61.3 cm³/mol. The first kappa shape index (κ1) is 8.81. The quantitative estimate of drug-likeness (QED) is 0.420. The third-order valence-electron chi connectivity index (χ3n) is 6.16. The highest BCUT2D eigenvalue weighted by atomic mass is 15.4.